The quantitative estimate of drug-likeness (QED) is 0.181. The molecule has 0 spiro atoms. The fraction of sp³-hybridized carbons (Fsp3) is 0.382. The van der Waals surface area contributed by atoms with Crippen LogP contribution in [0.1, 0.15) is 12.8 Å². The second kappa shape index (κ2) is 14.0. The third-order valence-corrected chi connectivity index (χ3v) is 9.03. The molecule has 1 amide bonds. The molecule has 2 aliphatic rings. The van der Waals surface area contributed by atoms with Gasteiger partial charge in [0.05, 0.1) is 12.0 Å². The van der Waals surface area contributed by atoms with Crippen molar-refractivity contribution in [1.82, 2.24) is 24.8 Å². The molecular formula is C34H35ClFN7O3. The van der Waals surface area contributed by atoms with Crippen molar-refractivity contribution in [2.24, 2.45) is 0 Å². The van der Waals surface area contributed by atoms with Crippen molar-refractivity contribution in [3.05, 3.63) is 77.0 Å². The maximum Gasteiger partial charge on any atom is 0.319 e. The highest BCUT2D eigenvalue weighted by atomic mass is 35.5. The number of likely N-dealkylation sites (N-methyl/N-ethyl adjacent to an activating group) is 1. The van der Waals surface area contributed by atoms with Gasteiger partial charge in [0, 0.05) is 61.0 Å². The van der Waals surface area contributed by atoms with Crippen molar-refractivity contribution in [2.75, 3.05) is 65.0 Å². The lowest BCUT2D eigenvalue weighted by molar-refractivity contribution is -0.128. The summed E-state index contributed by atoms with van der Waals surface area (Å²) in [6.45, 7) is 10.4. The standard InChI is InChI=1S/C34H35ClFN7O3/c1-37-18-24-20-42(15-16-43(24)28(44)13-7-17-45-3)33-26-19-38-31(25-11-4-8-22-9-5-12-27(35)29(22)25)30(36)32(26)39-34(40-33)46-21-23-10-6-14-41(23)2/h4-5,7-9,11-13,19,23-24H,6,10,14-18,20-21H2,2-3H3/b13-7+/t23-,24-/m0/s1. The van der Waals surface area contributed by atoms with Gasteiger partial charge in [0.1, 0.15) is 29.7 Å². The highest BCUT2D eigenvalue weighted by Gasteiger charge is 2.34. The molecule has 10 nitrogen and oxygen atoms in total. The number of rotatable bonds is 9. The lowest BCUT2D eigenvalue weighted by atomic mass is 10.0. The Morgan fingerprint density at radius 3 is 2.76 bits per heavy atom. The summed E-state index contributed by atoms with van der Waals surface area (Å²) in [5.41, 5.74) is 0.765. The van der Waals surface area contributed by atoms with E-state index in [0.29, 0.717) is 60.0 Å². The van der Waals surface area contributed by atoms with Crippen molar-refractivity contribution < 1.29 is 18.7 Å². The first-order valence-corrected chi connectivity index (χ1v) is 15.7. The number of benzene rings is 2. The van der Waals surface area contributed by atoms with Gasteiger partial charge >= 0.3 is 6.01 Å². The molecule has 2 atom stereocenters. The van der Waals surface area contributed by atoms with E-state index in [0.717, 1.165) is 24.8 Å². The summed E-state index contributed by atoms with van der Waals surface area (Å²) in [4.78, 5) is 36.4. The van der Waals surface area contributed by atoms with Gasteiger partial charge in [-0.1, -0.05) is 48.0 Å². The lowest BCUT2D eigenvalue weighted by Gasteiger charge is -2.39. The molecule has 0 saturated carbocycles. The minimum Gasteiger partial charge on any atom is -0.462 e. The maximum atomic E-state index is 16.7. The van der Waals surface area contributed by atoms with Gasteiger partial charge in [-0.25, -0.2) is 11.0 Å². The monoisotopic (exact) mass is 643 g/mol. The number of aromatic nitrogens is 3. The third-order valence-electron chi connectivity index (χ3n) is 8.72. The van der Waals surface area contributed by atoms with Crippen LogP contribution in [0.2, 0.25) is 5.02 Å². The van der Waals surface area contributed by atoms with Crippen LogP contribution in [-0.4, -0.2) is 103 Å². The number of likely N-dealkylation sites (tertiary alicyclic amines) is 1. The topological polar surface area (TPSA) is 88.3 Å². The summed E-state index contributed by atoms with van der Waals surface area (Å²) >= 11 is 6.59. The molecule has 0 radical (unpaired) electrons. The predicted octanol–water partition coefficient (Wildman–Crippen LogP) is 5.25. The van der Waals surface area contributed by atoms with Gasteiger partial charge in [-0.3, -0.25) is 9.78 Å². The van der Waals surface area contributed by atoms with E-state index < -0.39 is 11.9 Å². The molecule has 2 aromatic heterocycles. The third kappa shape index (κ3) is 6.33. The van der Waals surface area contributed by atoms with E-state index in [-0.39, 0.29) is 35.7 Å². The normalized spacial score (nSPS) is 18.9. The summed E-state index contributed by atoms with van der Waals surface area (Å²) in [6, 6.07) is 11.0. The molecule has 2 aliphatic heterocycles. The Morgan fingerprint density at radius 2 is 2.00 bits per heavy atom. The SMILES string of the molecule is [C-]#[N+]C[C@H]1CN(c2nc(OC[C@@H]3CCCN3C)nc3c(F)c(-c4cccc5cccc(Cl)c45)ncc23)CCN1C(=O)/C=C/COC. The van der Waals surface area contributed by atoms with E-state index in [1.165, 1.54) is 6.08 Å². The number of halogens is 2. The molecule has 2 saturated heterocycles. The zero-order valence-electron chi connectivity index (χ0n) is 25.8. The number of methoxy groups -OCH3 is 1. The minimum absolute atomic E-state index is 0.0672. The van der Waals surface area contributed by atoms with Crippen molar-refractivity contribution in [3.8, 4) is 17.3 Å². The number of hydrogen-bond acceptors (Lipinski definition) is 8. The number of pyridine rings is 1. The molecule has 46 heavy (non-hydrogen) atoms. The van der Waals surface area contributed by atoms with Gasteiger partial charge in [-0.05, 0) is 37.9 Å². The summed E-state index contributed by atoms with van der Waals surface area (Å²) in [5, 5.41) is 2.49. The Hall–Kier alpha value is -4.37. The zero-order valence-corrected chi connectivity index (χ0v) is 26.6. The van der Waals surface area contributed by atoms with E-state index in [4.69, 9.17) is 32.6 Å². The van der Waals surface area contributed by atoms with Crippen LogP contribution < -0.4 is 9.64 Å². The largest absolute Gasteiger partial charge is 0.462 e. The molecular weight excluding hydrogens is 609 g/mol. The second-order valence-electron chi connectivity index (χ2n) is 11.6. The van der Waals surface area contributed by atoms with Crippen LogP contribution in [-0.2, 0) is 9.53 Å². The van der Waals surface area contributed by atoms with E-state index >= 15 is 4.39 Å². The first-order valence-electron chi connectivity index (χ1n) is 15.3. The molecule has 238 valence electrons. The number of ether oxygens (including phenoxy) is 2. The van der Waals surface area contributed by atoms with Crippen molar-refractivity contribution in [2.45, 2.75) is 24.9 Å². The van der Waals surface area contributed by atoms with Gasteiger partial charge in [0.2, 0.25) is 12.5 Å². The number of amides is 1. The van der Waals surface area contributed by atoms with Crippen molar-refractivity contribution >= 4 is 45.0 Å². The average molecular weight is 644 g/mol. The number of nitrogens with zero attached hydrogens (tertiary/aromatic N) is 7. The van der Waals surface area contributed by atoms with Crippen LogP contribution in [0.3, 0.4) is 0 Å². The molecule has 2 aromatic carbocycles. The van der Waals surface area contributed by atoms with E-state index in [1.807, 2.05) is 29.2 Å². The van der Waals surface area contributed by atoms with Crippen LogP contribution in [0, 0.1) is 12.4 Å². The molecule has 12 heteroatoms. The molecule has 6 rings (SSSR count). The molecule has 0 bridgehead atoms. The number of piperazine rings is 1. The van der Waals surface area contributed by atoms with Crippen LogP contribution in [0.5, 0.6) is 6.01 Å². The minimum atomic E-state index is -0.605. The molecule has 4 heterocycles. The predicted molar refractivity (Wildman–Crippen MR) is 177 cm³/mol. The van der Waals surface area contributed by atoms with Crippen molar-refractivity contribution in [1.29, 1.82) is 0 Å². The van der Waals surface area contributed by atoms with Crippen molar-refractivity contribution in [3.63, 3.8) is 0 Å². The Labute approximate surface area is 272 Å². The lowest BCUT2D eigenvalue weighted by Crippen LogP contribution is -2.56. The fourth-order valence-corrected chi connectivity index (χ4v) is 6.59. The first kappa shape index (κ1) is 31.6. The number of hydrogen-bond donors (Lipinski definition) is 0. The molecule has 0 N–H and O–H groups in total. The smallest absolute Gasteiger partial charge is 0.319 e. The Bertz CT molecular complexity index is 1830. The highest BCUT2D eigenvalue weighted by molar-refractivity contribution is 6.36. The number of fused-ring (bicyclic) bond motifs is 2. The number of carbonyl (C=O) groups is 1. The van der Waals surface area contributed by atoms with E-state index in [1.54, 1.807) is 36.4 Å². The Morgan fingerprint density at radius 1 is 1.17 bits per heavy atom. The summed E-state index contributed by atoms with van der Waals surface area (Å²) in [6.07, 6.45) is 6.79. The molecule has 2 fully saturated rings. The van der Waals surface area contributed by atoms with Crippen LogP contribution >= 0.6 is 11.6 Å². The molecule has 0 unspecified atom stereocenters. The maximum absolute atomic E-state index is 16.7. The molecule has 4 aromatic rings. The summed E-state index contributed by atoms with van der Waals surface area (Å²) in [7, 11) is 3.62. The number of carbonyl (C=O) groups excluding carboxylic acids is 1. The fourth-order valence-electron chi connectivity index (χ4n) is 6.31. The van der Waals surface area contributed by atoms with E-state index in [9.17, 15) is 4.79 Å². The summed E-state index contributed by atoms with van der Waals surface area (Å²) < 4.78 is 27.8. The Balaban J connectivity index is 1.41. The van der Waals surface area contributed by atoms with Gasteiger partial charge in [-0.15, -0.1) is 0 Å². The molecule has 0 aliphatic carbocycles. The number of anilines is 1. The second-order valence-corrected chi connectivity index (χ2v) is 12.0. The zero-order chi connectivity index (χ0) is 32.2. The van der Waals surface area contributed by atoms with Gasteiger partial charge < -0.3 is 29.0 Å². The van der Waals surface area contributed by atoms with Gasteiger partial charge in [0.15, 0.2) is 5.82 Å². The first-order chi connectivity index (χ1) is 22.4. The average Bonchev–Trinajstić information content (AvgIpc) is 3.48. The summed E-state index contributed by atoms with van der Waals surface area (Å²) in [5.74, 6) is -0.342. The van der Waals surface area contributed by atoms with Gasteiger partial charge in [0.25, 0.3) is 0 Å². The van der Waals surface area contributed by atoms with Gasteiger partial charge in [-0.2, -0.15) is 9.97 Å². The van der Waals surface area contributed by atoms with Crippen LogP contribution in [0.4, 0.5) is 10.2 Å². The van der Waals surface area contributed by atoms with Crippen LogP contribution in [0.15, 0.2) is 54.7 Å². The Kier molecular flexibility index (Phi) is 9.59. The highest BCUT2D eigenvalue weighted by Crippen LogP contribution is 2.37. The van der Waals surface area contributed by atoms with E-state index in [2.05, 4.69) is 26.8 Å². The van der Waals surface area contributed by atoms with Crippen LogP contribution in [0.25, 0.3) is 37.8 Å².